The number of nitrogens with zero attached hydrogens (tertiary/aromatic N) is 4. The molecule has 0 fully saturated rings. The summed E-state index contributed by atoms with van der Waals surface area (Å²) in [5.41, 5.74) is 1.22. The number of nitriles is 1. The average Bonchev–Trinajstić information content (AvgIpc) is 3.26. The molecule has 7 nitrogen and oxygen atoms in total. The topological polar surface area (TPSA) is 93.4 Å². The lowest BCUT2D eigenvalue weighted by molar-refractivity contribution is 0.367. The van der Waals surface area contributed by atoms with Crippen LogP contribution >= 0.6 is 23.2 Å². The first kappa shape index (κ1) is 21.7. The summed E-state index contributed by atoms with van der Waals surface area (Å²) in [5.74, 6) is 0.967. The van der Waals surface area contributed by atoms with E-state index < -0.39 is 0 Å². The highest BCUT2D eigenvalue weighted by atomic mass is 35.5. The van der Waals surface area contributed by atoms with E-state index in [9.17, 15) is 4.79 Å². The minimum absolute atomic E-state index is 0.146. The standard InChI is InChI=1S/C25H14Cl2N4O3/c26-17-6-8-22-15(11-17)13-23(34-22)24-30-20-4-2-1-3-19(20)25(32)31(24)29-14-16-12-18(27)5-7-21(16)33-10-9-28/h1-8,11-14H,10H2. The van der Waals surface area contributed by atoms with E-state index in [1.165, 1.54) is 6.21 Å². The predicted octanol–water partition coefficient (Wildman–Crippen LogP) is 5.90. The Morgan fingerprint density at radius 3 is 2.74 bits per heavy atom. The third-order valence-corrected chi connectivity index (χ3v) is 5.50. The molecule has 34 heavy (non-hydrogen) atoms. The predicted molar refractivity (Wildman–Crippen MR) is 132 cm³/mol. The smallest absolute Gasteiger partial charge is 0.282 e. The fraction of sp³-hybridized carbons (Fsp3) is 0.0400. The lowest BCUT2D eigenvalue weighted by Crippen LogP contribution is -2.20. The fourth-order valence-electron chi connectivity index (χ4n) is 3.50. The molecule has 5 rings (SSSR count). The van der Waals surface area contributed by atoms with Crippen molar-refractivity contribution >= 4 is 51.3 Å². The molecule has 0 bridgehead atoms. The molecule has 0 aliphatic carbocycles. The monoisotopic (exact) mass is 488 g/mol. The molecule has 166 valence electrons. The Morgan fingerprint density at radius 1 is 1.09 bits per heavy atom. The van der Waals surface area contributed by atoms with Gasteiger partial charge in [-0.25, -0.2) is 4.98 Å². The van der Waals surface area contributed by atoms with Crippen LogP contribution < -0.4 is 10.3 Å². The minimum Gasteiger partial charge on any atom is -0.478 e. The van der Waals surface area contributed by atoms with Crippen molar-refractivity contribution in [3.05, 3.63) is 92.7 Å². The highest BCUT2D eigenvalue weighted by molar-refractivity contribution is 6.31. The second-order valence-electron chi connectivity index (χ2n) is 7.24. The molecule has 9 heteroatoms. The van der Waals surface area contributed by atoms with Crippen LogP contribution in [0, 0.1) is 11.3 Å². The van der Waals surface area contributed by atoms with Crippen LogP contribution in [0.2, 0.25) is 10.0 Å². The summed E-state index contributed by atoms with van der Waals surface area (Å²) in [5, 5.41) is 15.4. The summed E-state index contributed by atoms with van der Waals surface area (Å²) in [4.78, 5) is 18.0. The van der Waals surface area contributed by atoms with Crippen LogP contribution in [0.3, 0.4) is 0 Å². The van der Waals surface area contributed by atoms with Gasteiger partial charge in [-0.1, -0.05) is 35.3 Å². The average molecular weight is 489 g/mol. The van der Waals surface area contributed by atoms with E-state index in [0.717, 1.165) is 10.1 Å². The van der Waals surface area contributed by atoms with Gasteiger partial charge in [-0.15, -0.1) is 0 Å². The second-order valence-corrected chi connectivity index (χ2v) is 8.11. The number of para-hydroxylation sites is 1. The molecule has 0 saturated heterocycles. The van der Waals surface area contributed by atoms with E-state index in [1.54, 1.807) is 66.7 Å². The maximum atomic E-state index is 13.4. The van der Waals surface area contributed by atoms with Crippen LogP contribution in [0.25, 0.3) is 33.5 Å². The Kier molecular flexibility index (Phi) is 5.76. The van der Waals surface area contributed by atoms with Crippen LogP contribution in [0.15, 0.2) is 81.0 Å². The number of benzene rings is 3. The van der Waals surface area contributed by atoms with Gasteiger partial charge < -0.3 is 9.15 Å². The highest BCUT2D eigenvalue weighted by Gasteiger charge is 2.17. The van der Waals surface area contributed by atoms with Gasteiger partial charge in [0.25, 0.3) is 5.56 Å². The van der Waals surface area contributed by atoms with Gasteiger partial charge >= 0.3 is 0 Å². The SMILES string of the molecule is N#CCOc1ccc(Cl)cc1C=Nn1c(-c2cc3cc(Cl)ccc3o2)nc2ccccc2c1=O. The molecule has 0 radical (unpaired) electrons. The molecule has 2 aromatic heterocycles. The molecule has 0 N–H and O–H groups in total. The van der Waals surface area contributed by atoms with E-state index in [0.29, 0.717) is 43.6 Å². The first-order valence-corrected chi connectivity index (χ1v) is 10.8. The summed E-state index contributed by atoms with van der Waals surface area (Å²) in [6.45, 7) is -0.146. The quantitative estimate of drug-likeness (QED) is 0.287. The molecule has 3 aromatic carbocycles. The molecule has 5 aromatic rings. The minimum atomic E-state index is -0.378. The Bertz CT molecular complexity index is 1680. The van der Waals surface area contributed by atoms with Crippen LogP contribution in [-0.4, -0.2) is 22.5 Å². The van der Waals surface area contributed by atoms with Gasteiger partial charge in [0.1, 0.15) is 17.4 Å². The maximum Gasteiger partial charge on any atom is 0.282 e. The van der Waals surface area contributed by atoms with Crippen molar-refractivity contribution in [1.82, 2.24) is 9.66 Å². The van der Waals surface area contributed by atoms with Crippen molar-refractivity contribution in [1.29, 1.82) is 5.26 Å². The molecule has 0 spiro atoms. The van der Waals surface area contributed by atoms with E-state index >= 15 is 0 Å². The van der Waals surface area contributed by atoms with Crippen LogP contribution in [0.5, 0.6) is 5.75 Å². The van der Waals surface area contributed by atoms with Gasteiger partial charge in [-0.05, 0) is 54.6 Å². The number of furan rings is 1. The van der Waals surface area contributed by atoms with Gasteiger partial charge in [0.05, 0.1) is 17.1 Å². The van der Waals surface area contributed by atoms with E-state index in [4.69, 9.17) is 37.6 Å². The molecule has 0 unspecified atom stereocenters. The number of halogens is 2. The fourth-order valence-corrected chi connectivity index (χ4v) is 3.86. The zero-order chi connectivity index (χ0) is 23.7. The highest BCUT2D eigenvalue weighted by Crippen LogP contribution is 2.29. The van der Waals surface area contributed by atoms with E-state index in [1.807, 2.05) is 6.07 Å². The van der Waals surface area contributed by atoms with Gasteiger partial charge in [0, 0.05) is 21.0 Å². The number of aromatic nitrogens is 2. The Balaban J connectivity index is 1.70. The third-order valence-electron chi connectivity index (χ3n) is 5.03. The van der Waals surface area contributed by atoms with Crippen LogP contribution in [0.4, 0.5) is 0 Å². The number of ether oxygens (including phenoxy) is 1. The number of hydrogen-bond acceptors (Lipinski definition) is 6. The second kappa shape index (κ2) is 9.02. The zero-order valence-electron chi connectivity index (χ0n) is 17.4. The number of hydrogen-bond donors (Lipinski definition) is 0. The molecular weight excluding hydrogens is 475 g/mol. The lowest BCUT2D eigenvalue weighted by Gasteiger charge is -2.09. The van der Waals surface area contributed by atoms with Gasteiger partial charge in [0.2, 0.25) is 5.82 Å². The van der Waals surface area contributed by atoms with Crippen molar-refractivity contribution in [2.75, 3.05) is 6.61 Å². The van der Waals surface area contributed by atoms with Crippen molar-refractivity contribution in [2.45, 2.75) is 0 Å². The van der Waals surface area contributed by atoms with Crippen molar-refractivity contribution in [3.63, 3.8) is 0 Å². The van der Waals surface area contributed by atoms with Crippen molar-refractivity contribution in [3.8, 4) is 23.4 Å². The lowest BCUT2D eigenvalue weighted by atomic mass is 10.2. The molecule has 0 aliphatic rings. The van der Waals surface area contributed by atoms with Crippen molar-refractivity contribution < 1.29 is 9.15 Å². The molecule has 2 heterocycles. The first-order valence-electron chi connectivity index (χ1n) is 10.1. The van der Waals surface area contributed by atoms with Crippen molar-refractivity contribution in [2.24, 2.45) is 5.10 Å². The zero-order valence-corrected chi connectivity index (χ0v) is 18.9. The first-order chi connectivity index (χ1) is 16.5. The molecule has 0 aliphatic heterocycles. The third kappa shape index (κ3) is 4.13. The molecular formula is C25H14Cl2N4O3. The largest absolute Gasteiger partial charge is 0.478 e. The van der Waals surface area contributed by atoms with E-state index in [-0.39, 0.29) is 18.0 Å². The van der Waals surface area contributed by atoms with Gasteiger partial charge in [-0.3, -0.25) is 4.79 Å². The van der Waals surface area contributed by atoms with Crippen LogP contribution in [0.1, 0.15) is 5.56 Å². The Labute approximate surface area is 203 Å². The Hall–Kier alpha value is -4.12. The van der Waals surface area contributed by atoms with E-state index in [2.05, 4.69) is 10.1 Å². The summed E-state index contributed by atoms with van der Waals surface area (Å²) >= 11 is 12.2. The molecule has 0 amide bonds. The summed E-state index contributed by atoms with van der Waals surface area (Å²) < 4.78 is 12.6. The molecule has 0 saturated carbocycles. The summed E-state index contributed by atoms with van der Waals surface area (Å²) in [6, 6.07) is 20.8. The number of rotatable bonds is 5. The van der Waals surface area contributed by atoms with Gasteiger partial charge in [0.15, 0.2) is 12.4 Å². The van der Waals surface area contributed by atoms with Gasteiger partial charge in [-0.2, -0.15) is 15.0 Å². The van der Waals surface area contributed by atoms with Crippen LogP contribution in [-0.2, 0) is 0 Å². The normalized spacial score (nSPS) is 11.3. The summed E-state index contributed by atoms with van der Waals surface area (Å²) in [6.07, 6.45) is 1.43. The Morgan fingerprint density at radius 2 is 1.88 bits per heavy atom. The summed E-state index contributed by atoms with van der Waals surface area (Å²) in [7, 11) is 0. The maximum absolute atomic E-state index is 13.4. The molecule has 0 atom stereocenters. The number of fused-ring (bicyclic) bond motifs is 2.